The molecule has 72 valence electrons. The maximum Gasteiger partial charge on any atom is 0.340 e. The lowest BCUT2D eigenvalue weighted by molar-refractivity contribution is 0.0603. The second kappa shape index (κ2) is 3.14. The predicted octanol–water partition coefficient (Wildman–Crippen LogP) is 1.36. The lowest BCUT2D eigenvalue weighted by Gasteiger charge is -1.94. The van der Waals surface area contributed by atoms with Gasteiger partial charge in [0.15, 0.2) is 0 Å². The Bertz CT molecular complexity index is 488. The molecule has 0 unspecified atom stereocenters. The van der Waals surface area contributed by atoms with Crippen molar-refractivity contribution in [1.29, 1.82) is 0 Å². The summed E-state index contributed by atoms with van der Waals surface area (Å²) in [5.74, 6) is -0.330. The second-order valence-corrected chi connectivity index (χ2v) is 3.02. The van der Waals surface area contributed by atoms with Crippen molar-refractivity contribution in [3.63, 3.8) is 0 Å². The molecule has 0 fully saturated rings. The molecule has 0 bridgehead atoms. The number of carbonyl (C=O) groups is 1. The number of aromatic nitrogens is 2. The second-order valence-electron chi connectivity index (χ2n) is 3.02. The Kier molecular flexibility index (Phi) is 1.96. The summed E-state index contributed by atoms with van der Waals surface area (Å²) >= 11 is 0. The smallest absolute Gasteiger partial charge is 0.340 e. The van der Waals surface area contributed by atoms with E-state index in [1.807, 2.05) is 17.7 Å². The van der Waals surface area contributed by atoms with Gasteiger partial charge in [0, 0.05) is 24.8 Å². The molecule has 4 heteroatoms. The maximum atomic E-state index is 11.4. The van der Waals surface area contributed by atoms with Gasteiger partial charge in [-0.05, 0) is 12.1 Å². The Balaban J connectivity index is 2.72. The first-order valence-electron chi connectivity index (χ1n) is 4.22. The fourth-order valence-electron chi connectivity index (χ4n) is 1.49. The molecule has 0 N–H and O–H groups in total. The lowest BCUT2D eigenvalue weighted by atomic mass is 10.2. The molecule has 0 radical (unpaired) electrons. The summed E-state index contributed by atoms with van der Waals surface area (Å²) in [5, 5.41) is 0.821. The molecular weight excluding hydrogens is 180 g/mol. The summed E-state index contributed by atoms with van der Waals surface area (Å²) in [7, 11) is 3.22. The number of rotatable bonds is 1. The average Bonchev–Trinajstić information content (AvgIpc) is 2.56. The van der Waals surface area contributed by atoms with Gasteiger partial charge < -0.3 is 9.30 Å². The van der Waals surface area contributed by atoms with E-state index in [1.54, 1.807) is 18.5 Å². The van der Waals surface area contributed by atoms with Crippen molar-refractivity contribution in [3.8, 4) is 0 Å². The quantitative estimate of drug-likeness (QED) is 0.638. The van der Waals surface area contributed by atoms with Crippen LogP contribution in [0.1, 0.15) is 10.4 Å². The number of pyridine rings is 1. The first kappa shape index (κ1) is 8.74. The number of nitrogens with zero attached hydrogens (tertiary/aromatic N) is 2. The highest BCUT2D eigenvalue weighted by Gasteiger charge is 2.13. The summed E-state index contributed by atoms with van der Waals surface area (Å²) in [4.78, 5) is 15.6. The van der Waals surface area contributed by atoms with Gasteiger partial charge in [-0.25, -0.2) is 9.78 Å². The molecule has 2 aromatic rings. The minimum absolute atomic E-state index is 0.330. The van der Waals surface area contributed by atoms with Gasteiger partial charge >= 0.3 is 5.97 Å². The van der Waals surface area contributed by atoms with Gasteiger partial charge in [0.1, 0.15) is 5.65 Å². The van der Waals surface area contributed by atoms with Crippen LogP contribution in [-0.4, -0.2) is 22.6 Å². The zero-order valence-corrected chi connectivity index (χ0v) is 8.02. The first-order chi connectivity index (χ1) is 6.74. The van der Waals surface area contributed by atoms with E-state index < -0.39 is 0 Å². The third-order valence-corrected chi connectivity index (χ3v) is 2.14. The minimum atomic E-state index is -0.330. The van der Waals surface area contributed by atoms with Gasteiger partial charge in [0.25, 0.3) is 0 Å². The third kappa shape index (κ3) is 1.16. The molecule has 2 aromatic heterocycles. The standard InChI is InChI=1S/C10H10N2O2/c1-12-6-8(10(13)14-2)7-4-3-5-11-9(7)12/h3-6H,1-2H3. The maximum absolute atomic E-state index is 11.4. The summed E-state index contributed by atoms with van der Waals surface area (Å²) in [6, 6.07) is 3.66. The first-order valence-corrected chi connectivity index (χ1v) is 4.22. The highest BCUT2D eigenvalue weighted by molar-refractivity contribution is 6.03. The monoisotopic (exact) mass is 190 g/mol. The van der Waals surface area contributed by atoms with Gasteiger partial charge in [-0.1, -0.05) is 0 Å². The zero-order valence-electron chi connectivity index (χ0n) is 8.02. The number of methoxy groups -OCH3 is 1. The molecule has 0 spiro atoms. The van der Waals surface area contributed by atoms with Crippen LogP contribution in [-0.2, 0) is 11.8 Å². The van der Waals surface area contributed by atoms with Crippen molar-refractivity contribution in [2.45, 2.75) is 0 Å². The largest absolute Gasteiger partial charge is 0.465 e. The molecule has 0 aromatic carbocycles. The summed E-state index contributed by atoms with van der Waals surface area (Å²) in [6.45, 7) is 0. The Morgan fingerprint density at radius 2 is 2.36 bits per heavy atom. The van der Waals surface area contributed by atoms with E-state index >= 15 is 0 Å². The van der Waals surface area contributed by atoms with Crippen LogP contribution in [0, 0.1) is 0 Å². The zero-order chi connectivity index (χ0) is 10.1. The van der Waals surface area contributed by atoms with Gasteiger partial charge in [-0.3, -0.25) is 0 Å². The molecule has 0 aliphatic rings. The topological polar surface area (TPSA) is 44.1 Å². The molecular formula is C10H10N2O2. The fraction of sp³-hybridized carbons (Fsp3) is 0.200. The number of ether oxygens (including phenoxy) is 1. The molecule has 0 saturated heterocycles. The van der Waals surface area contributed by atoms with Crippen LogP contribution in [0.25, 0.3) is 11.0 Å². The van der Waals surface area contributed by atoms with Crippen molar-refractivity contribution >= 4 is 17.0 Å². The van der Waals surface area contributed by atoms with Crippen LogP contribution < -0.4 is 0 Å². The minimum Gasteiger partial charge on any atom is -0.465 e. The molecule has 14 heavy (non-hydrogen) atoms. The number of carbonyl (C=O) groups excluding carboxylic acids is 1. The number of esters is 1. The number of fused-ring (bicyclic) bond motifs is 1. The Labute approximate surface area is 81.1 Å². The molecule has 0 atom stereocenters. The van der Waals surface area contributed by atoms with E-state index in [9.17, 15) is 4.79 Å². The van der Waals surface area contributed by atoms with Crippen LogP contribution >= 0.6 is 0 Å². The summed E-state index contributed by atoms with van der Waals surface area (Å²) in [6.07, 6.45) is 3.42. The van der Waals surface area contributed by atoms with E-state index in [2.05, 4.69) is 9.72 Å². The number of hydrogen-bond acceptors (Lipinski definition) is 3. The summed E-state index contributed by atoms with van der Waals surface area (Å²) in [5.41, 5.74) is 1.34. The van der Waals surface area contributed by atoms with Crippen LogP contribution in [0.15, 0.2) is 24.5 Å². The van der Waals surface area contributed by atoms with Gasteiger partial charge in [0.05, 0.1) is 12.7 Å². The van der Waals surface area contributed by atoms with Gasteiger partial charge in [0.2, 0.25) is 0 Å². The average molecular weight is 190 g/mol. The van der Waals surface area contributed by atoms with E-state index in [-0.39, 0.29) is 5.97 Å². The van der Waals surface area contributed by atoms with Gasteiger partial charge in [-0.2, -0.15) is 0 Å². The number of aryl methyl sites for hydroxylation is 1. The summed E-state index contributed by atoms with van der Waals surface area (Å²) < 4.78 is 6.48. The Morgan fingerprint density at radius 1 is 1.57 bits per heavy atom. The SMILES string of the molecule is COC(=O)c1cn(C)c2ncccc12. The predicted molar refractivity (Wildman–Crippen MR) is 52.1 cm³/mol. The van der Waals surface area contributed by atoms with Crippen molar-refractivity contribution in [1.82, 2.24) is 9.55 Å². The van der Waals surface area contributed by atoms with Crippen molar-refractivity contribution in [3.05, 3.63) is 30.1 Å². The highest BCUT2D eigenvalue weighted by Crippen LogP contribution is 2.18. The highest BCUT2D eigenvalue weighted by atomic mass is 16.5. The molecule has 2 heterocycles. The van der Waals surface area contributed by atoms with Crippen LogP contribution in [0.3, 0.4) is 0 Å². The van der Waals surface area contributed by atoms with Crippen molar-refractivity contribution < 1.29 is 9.53 Å². The Hall–Kier alpha value is -1.84. The molecule has 0 saturated carbocycles. The van der Waals surface area contributed by atoms with Crippen LogP contribution in [0.2, 0.25) is 0 Å². The van der Waals surface area contributed by atoms with Crippen LogP contribution in [0.5, 0.6) is 0 Å². The number of hydrogen-bond donors (Lipinski definition) is 0. The molecule has 0 aliphatic heterocycles. The molecule has 0 aliphatic carbocycles. The van der Waals surface area contributed by atoms with Gasteiger partial charge in [-0.15, -0.1) is 0 Å². The third-order valence-electron chi connectivity index (χ3n) is 2.14. The normalized spacial score (nSPS) is 10.4. The lowest BCUT2D eigenvalue weighted by Crippen LogP contribution is -1.99. The molecule has 2 rings (SSSR count). The van der Waals surface area contributed by atoms with Crippen molar-refractivity contribution in [2.24, 2.45) is 7.05 Å². The van der Waals surface area contributed by atoms with E-state index in [1.165, 1.54) is 7.11 Å². The van der Waals surface area contributed by atoms with E-state index in [4.69, 9.17) is 0 Å². The van der Waals surface area contributed by atoms with Crippen molar-refractivity contribution in [2.75, 3.05) is 7.11 Å². The van der Waals surface area contributed by atoms with Crippen LogP contribution in [0.4, 0.5) is 0 Å². The molecule has 0 amide bonds. The fourth-order valence-corrected chi connectivity index (χ4v) is 1.49. The van der Waals surface area contributed by atoms with E-state index in [0.29, 0.717) is 5.56 Å². The van der Waals surface area contributed by atoms with E-state index in [0.717, 1.165) is 11.0 Å². The molecule has 4 nitrogen and oxygen atoms in total. The Morgan fingerprint density at radius 3 is 3.07 bits per heavy atom.